The first-order valence-corrected chi connectivity index (χ1v) is 13.6. The maximum atomic E-state index is 15.0. The molecular formula is C31H29F3N4O5. The highest BCUT2D eigenvalue weighted by molar-refractivity contribution is 6.39. The molecule has 0 bridgehead atoms. The van der Waals surface area contributed by atoms with Crippen LogP contribution in [0.2, 0.25) is 0 Å². The number of rotatable bonds is 9. The van der Waals surface area contributed by atoms with Crippen LogP contribution in [0, 0.1) is 23.4 Å². The number of piperidine rings is 1. The quantitative estimate of drug-likeness (QED) is 0.232. The van der Waals surface area contributed by atoms with Crippen molar-refractivity contribution in [2.24, 2.45) is 5.92 Å². The number of amides is 2. The fourth-order valence-electron chi connectivity index (χ4n) is 4.71. The molecule has 4 aromatic rings. The van der Waals surface area contributed by atoms with Crippen LogP contribution in [0.5, 0.6) is 23.0 Å². The summed E-state index contributed by atoms with van der Waals surface area (Å²) in [6.07, 6.45) is 3.58. The van der Waals surface area contributed by atoms with Crippen LogP contribution in [0.15, 0.2) is 60.8 Å². The van der Waals surface area contributed by atoms with Crippen molar-refractivity contribution in [2.75, 3.05) is 32.1 Å². The summed E-state index contributed by atoms with van der Waals surface area (Å²) in [5.74, 6) is -3.62. The highest BCUT2D eigenvalue weighted by Crippen LogP contribution is 2.40. The Morgan fingerprint density at radius 1 is 0.953 bits per heavy atom. The van der Waals surface area contributed by atoms with Crippen LogP contribution in [0.4, 0.5) is 18.9 Å². The van der Waals surface area contributed by atoms with Crippen LogP contribution in [-0.4, -0.2) is 43.6 Å². The van der Waals surface area contributed by atoms with Gasteiger partial charge in [-0.2, -0.15) is 0 Å². The summed E-state index contributed by atoms with van der Waals surface area (Å²) in [6.45, 7) is 2.07. The minimum atomic E-state index is -1.12. The molecule has 43 heavy (non-hydrogen) atoms. The van der Waals surface area contributed by atoms with E-state index in [0.29, 0.717) is 40.7 Å². The Balaban J connectivity index is 1.25. The number of carbonyl (C=O) groups excluding carboxylic acids is 2. The number of ether oxygens (including phenoxy) is 3. The van der Waals surface area contributed by atoms with Gasteiger partial charge in [-0.1, -0.05) is 12.1 Å². The zero-order valence-corrected chi connectivity index (χ0v) is 23.2. The average Bonchev–Trinajstić information content (AvgIpc) is 3.02. The highest BCUT2D eigenvalue weighted by Gasteiger charge is 2.20. The third-order valence-corrected chi connectivity index (χ3v) is 7.01. The monoisotopic (exact) mass is 594 g/mol. The van der Waals surface area contributed by atoms with Gasteiger partial charge in [0, 0.05) is 35.4 Å². The molecule has 12 heteroatoms. The van der Waals surface area contributed by atoms with Crippen LogP contribution < -0.4 is 30.2 Å². The minimum absolute atomic E-state index is 0.0151. The molecule has 224 valence electrons. The minimum Gasteiger partial charge on any atom is -0.491 e. The summed E-state index contributed by atoms with van der Waals surface area (Å²) < 4.78 is 59.7. The predicted octanol–water partition coefficient (Wildman–Crippen LogP) is 5.09. The SMILES string of the molecule is COc1c(OCC2CCNCC2)ccc2c(Oc3ccc(NC(=O)C(=O)NCc4cccc(F)c4F)cc3F)ccnc12. The number of nitrogens with zero attached hydrogens (tertiary/aromatic N) is 1. The van der Waals surface area contributed by atoms with E-state index in [2.05, 4.69) is 20.9 Å². The molecule has 1 saturated heterocycles. The molecule has 0 radical (unpaired) electrons. The van der Waals surface area contributed by atoms with Gasteiger partial charge in [-0.05, 0) is 68.2 Å². The summed E-state index contributed by atoms with van der Waals surface area (Å²) in [5.41, 5.74) is 0.339. The Morgan fingerprint density at radius 3 is 2.51 bits per heavy atom. The van der Waals surface area contributed by atoms with Crippen LogP contribution >= 0.6 is 0 Å². The van der Waals surface area contributed by atoms with Crippen molar-refractivity contribution in [1.29, 1.82) is 0 Å². The second-order valence-electron chi connectivity index (χ2n) is 9.90. The fourth-order valence-corrected chi connectivity index (χ4v) is 4.71. The van der Waals surface area contributed by atoms with Gasteiger partial charge in [0.15, 0.2) is 34.7 Å². The number of aromatic nitrogens is 1. The van der Waals surface area contributed by atoms with E-state index >= 15 is 4.39 Å². The zero-order chi connectivity index (χ0) is 30.3. The molecular weight excluding hydrogens is 565 g/mol. The molecule has 3 N–H and O–H groups in total. The van der Waals surface area contributed by atoms with Gasteiger partial charge >= 0.3 is 11.8 Å². The molecule has 9 nitrogen and oxygen atoms in total. The molecule has 5 rings (SSSR count). The molecule has 1 aliphatic heterocycles. The maximum Gasteiger partial charge on any atom is 0.313 e. The number of halogens is 3. The molecule has 3 aromatic carbocycles. The number of fused-ring (bicyclic) bond motifs is 1. The van der Waals surface area contributed by atoms with E-state index in [0.717, 1.165) is 38.1 Å². The molecule has 0 atom stereocenters. The van der Waals surface area contributed by atoms with Crippen LogP contribution in [-0.2, 0) is 16.1 Å². The van der Waals surface area contributed by atoms with Crippen LogP contribution in [0.3, 0.4) is 0 Å². The van der Waals surface area contributed by atoms with Gasteiger partial charge in [-0.15, -0.1) is 0 Å². The molecule has 1 aliphatic rings. The van der Waals surface area contributed by atoms with E-state index in [4.69, 9.17) is 14.2 Å². The Hall–Kier alpha value is -4.84. The highest BCUT2D eigenvalue weighted by atomic mass is 19.2. The first-order valence-electron chi connectivity index (χ1n) is 13.6. The number of carbonyl (C=O) groups is 2. The van der Waals surface area contributed by atoms with Gasteiger partial charge in [0.25, 0.3) is 0 Å². The predicted molar refractivity (Wildman–Crippen MR) is 153 cm³/mol. The Bertz CT molecular complexity index is 1650. The molecule has 1 fully saturated rings. The van der Waals surface area contributed by atoms with Crippen molar-refractivity contribution in [3.8, 4) is 23.0 Å². The normalized spacial score (nSPS) is 13.4. The van der Waals surface area contributed by atoms with Crippen molar-refractivity contribution in [3.63, 3.8) is 0 Å². The summed E-state index contributed by atoms with van der Waals surface area (Å²) in [4.78, 5) is 28.8. The second-order valence-corrected chi connectivity index (χ2v) is 9.90. The number of benzene rings is 3. The smallest absolute Gasteiger partial charge is 0.313 e. The van der Waals surface area contributed by atoms with Gasteiger partial charge in [-0.3, -0.25) is 14.6 Å². The van der Waals surface area contributed by atoms with Crippen LogP contribution in [0.1, 0.15) is 18.4 Å². The third-order valence-electron chi connectivity index (χ3n) is 7.01. The van der Waals surface area contributed by atoms with Crippen LogP contribution in [0.25, 0.3) is 10.9 Å². The number of hydrogen-bond acceptors (Lipinski definition) is 7. The number of hydrogen-bond donors (Lipinski definition) is 3. The van der Waals surface area contributed by atoms with E-state index in [1.807, 2.05) is 0 Å². The van der Waals surface area contributed by atoms with Gasteiger partial charge in [-0.25, -0.2) is 13.2 Å². The maximum absolute atomic E-state index is 15.0. The molecule has 0 aliphatic carbocycles. The molecule has 0 unspecified atom stereocenters. The first kappa shape index (κ1) is 29.6. The Labute approximate surface area is 245 Å². The van der Waals surface area contributed by atoms with Crippen molar-refractivity contribution in [1.82, 2.24) is 15.6 Å². The summed E-state index contributed by atoms with van der Waals surface area (Å²) in [5, 5.41) is 8.36. The summed E-state index contributed by atoms with van der Waals surface area (Å²) in [7, 11) is 1.52. The lowest BCUT2D eigenvalue weighted by Crippen LogP contribution is -2.35. The molecule has 2 heterocycles. The summed E-state index contributed by atoms with van der Waals surface area (Å²) >= 11 is 0. The lowest BCUT2D eigenvalue weighted by Gasteiger charge is -2.23. The largest absolute Gasteiger partial charge is 0.491 e. The average molecular weight is 595 g/mol. The van der Waals surface area contributed by atoms with E-state index < -0.39 is 35.8 Å². The molecule has 0 saturated carbocycles. The van der Waals surface area contributed by atoms with E-state index in [1.54, 1.807) is 18.2 Å². The topological polar surface area (TPSA) is 111 Å². The standard InChI is InChI=1S/C31H29F3N4O5/c1-41-29-26(42-17-18-9-12-35-13-10-18)8-6-21-24(11-14-36-28(21)29)43-25-7-5-20(15-23(25)33)38-31(40)30(39)37-16-19-3-2-4-22(32)27(19)34/h2-8,11,14-15,18,35H,9-10,12-13,16-17H2,1H3,(H,37,39)(H,38,40). The first-order chi connectivity index (χ1) is 20.8. The van der Waals surface area contributed by atoms with Gasteiger partial charge in [0.1, 0.15) is 11.3 Å². The number of anilines is 1. The van der Waals surface area contributed by atoms with Gasteiger partial charge < -0.3 is 30.2 Å². The Morgan fingerprint density at radius 2 is 1.74 bits per heavy atom. The fraction of sp³-hybridized carbons (Fsp3) is 0.258. The second kappa shape index (κ2) is 13.4. The zero-order valence-electron chi connectivity index (χ0n) is 23.2. The molecule has 2 amide bonds. The van der Waals surface area contributed by atoms with Crippen molar-refractivity contribution in [2.45, 2.75) is 19.4 Å². The van der Waals surface area contributed by atoms with Crippen molar-refractivity contribution >= 4 is 28.4 Å². The molecule has 1 aromatic heterocycles. The van der Waals surface area contributed by atoms with E-state index in [1.165, 1.54) is 37.6 Å². The number of nitrogens with one attached hydrogen (secondary N) is 3. The number of methoxy groups -OCH3 is 1. The van der Waals surface area contributed by atoms with Gasteiger partial charge in [0.05, 0.1) is 13.7 Å². The Kier molecular flexibility index (Phi) is 9.26. The van der Waals surface area contributed by atoms with E-state index in [9.17, 15) is 18.4 Å². The van der Waals surface area contributed by atoms with Crippen molar-refractivity contribution in [3.05, 3.63) is 83.8 Å². The van der Waals surface area contributed by atoms with Gasteiger partial charge in [0.2, 0.25) is 0 Å². The lowest BCUT2D eigenvalue weighted by atomic mass is 9.99. The number of pyridine rings is 1. The van der Waals surface area contributed by atoms with E-state index in [-0.39, 0.29) is 17.0 Å². The summed E-state index contributed by atoms with van der Waals surface area (Å²) in [6, 6.07) is 12.2. The molecule has 0 spiro atoms. The van der Waals surface area contributed by atoms with Crippen molar-refractivity contribution < 1.29 is 37.0 Å². The third kappa shape index (κ3) is 6.97. The lowest BCUT2D eigenvalue weighted by molar-refractivity contribution is -0.136.